The van der Waals surface area contributed by atoms with Crippen LogP contribution < -0.4 is 10.2 Å². The highest BCUT2D eigenvalue weighted by Crippen LogP contribution is 2.30. The molecule has 0 saturated carbocycles. The first kappa shape index (κ1) is 20.6. The number of rotatable bonds is 5. The van der Waals surface area contributed by atoms with Crippen LogP contribution in [0.4, 0.5) is 10.2 Å². The van der Waals surface area contributed by atoms with Crippen LogP contribution in [-0.2, 0) is 16.1 Å². The summed E-state index contributed by atoms with van der Waals surface area (Å²) in [6.07, 6.45) is 1.93. The van der Waals surface area contributed by atoms with E-state index in [1.807, 2.05) is 36.4 Å². The Morgan fingerprint density at radius 3 is 2.66 bits per heavy atom. The van der Waals surface area contributed by atoms with E-state index in [1.54, 1.807) is 4.90 Å². The predicted octanol–water partition coefficient (Wildman–Crippen LogP) is 2.84. The lowest BCUT2D eigenvalue weighted by molar-refractivity contribution is -0.127. The number of fused-ring (bicyclic) bond motifs is 1. The van der Waals surface area contributed by atoms with Crippen LogP contribution in [0.1, 0.15) is 24.8 Å². The first-order chi connectivity index (χ1) is 15.6. The second-order valence-corrected chi connectivity index (χ2v) is 8.68. The molecular weight excluding hydrogens is 409 g/mol. The fourth-order valence-electron chi connectivity index (χ4n) is 4.65. The summed E-state index contributed by atoms with van der Waals surface area (Å²) in [4.78, 5) is 29.4. The van der Waals surface area contributed by atoms with Crippen LogP contribution in [0, 0.1) is 11.7 Å². The highest BCUT2D eigenvalue weighted by Gasteiger charge is 2.37. The molecule has 3 aromatic rings. The normalized spacial score (nSPS) is 20.2. The number of halogens is 1. The number of likely N-dealkylation sites (tertiary alicyclic amines) is 1. The lowest BCUT2D eigenvalue weighted by Crippen LogP contribution is -2.46. The molecule has 5 rings (SSSR count). The Labute approximate surface area is 185 Å². The summed E-state index contributed by atoms with van der Waals surface area (Å²) in [7, 11) is 0. The number of H-pyrrole nitrogens is 1. The number of carbonyl (C=O) groups is 2. The Balaban J connectivity index is 1.14. The largest absolute Gasteiger partial charge is 0.353 e. The zero-order chi connectivity index (χ0) is 22.1. The molecule has 2 N–H and O–H groups in total. The van der Waals surface area contributed by atoms with E-state index in [2.05, 4.69) is 20.4 Å². The van der Waals surface area contributed by atoms with Crippen LogP contribution in [0.15, 0.2) is 48.5 Å². The van der Waals surface area contributed by atoms with Gasteiger partial charge in [0.15, 0.2) is 5.82 Å². The zero-order valence-electron chi connectivity index (χ0n) is 17.8. The molecule has 0 spiro atoms. The van der Waals surface area contributed by atoms with E-state index in [-0.39, 0.29) is 36.0 Å². The number of carbonyl (C=O) groups excluding carboxylic acids is 2. The van der Waals surface area contributed by atoms with Gasteiger partial charge in [-0.15, -0.1) is 0 Å². The van der Waals surface area contributed by atoms with Gasteiger partial charge in [0.05, 0.1) is 11.4 Å². The van der Waals surface area contributed by atoms with E-state index in [9.17, 15) is 14.0 Å². The minimum Gasteiger partial charge on any atom is -0.353 e. The molecule has 3 heterocycles. The maximum absolute atomic E-state index is 13.1. The van der Waals surface area contributed by atoms with Crippen LogP contribution in [0.3, 0.4) is 0 Å². The molecule has 1 atom stereocenters. The van der Waals surface area contributed by atoms with Crippen LogP contribution in [-0.4, -0.2) is 52.6 Å². The van der Waals surface area contributed by atoms with Gasteiger partial charge in [-0.05, 0) is 42.7 Å². The van der Waals surface area contributed by atoms with Crippen LogP contribution >= 0.6 is 0 Å². The summed E-state index contributed by atoms with van der Waals surface area (Å²) < 4.78 is 13.1. The first-order valence-electron chi connectivity index (χ1n) is 11.1. The Morgan fingerprint density at radius 1 is 1.12 bits per heavy atom. The molecule has 2 amide bonds. The third-order valence-corrected chi connectivity index (χ3v) is 6.46. The van der Waals surface area contributed by atoms with Crippen molar-refractivity contribution in [3.05, 3.63) is 59.9 Å². The van der Waals surface area contributed by atoms with Gasteiger partial charge >= 0.3 is 0 Å². The molecule has 0 aliphatic carbocycles. The van der Waals surface area contributed by atoms with E-state index in [0.29, 0.717) is 12.4 Å². The minimum atomic E-state index is -0.366. The summed E-state index contributed by atoms with van der Waals surface area (Å²) in [6, 6.07) is 14.4. The minimum absolute atomic E-state index is 0.0577. The lowest BCUT2D eigenvalue weighted by Gasteiger charge is -2.32. The highest BCUT2D eigenvalue weighted by atomic mass is 19.1. The molecule has 7 nitrogen and oxygen atoms in total. The number of nitrogens with one attached hydrogen (secondary N) is 2. The molecule has 32 heavy (non-hydrogen) atoms. The van der Waals surface area contributed by atoms with Crippen molar-refractivity contribution in [1.82, 2.24) is 20.4 Å². The molecule has 2 aromatic carbocycles. The van der Waals surface area contributed by atoms with Gasteiger partial charge in [0.2, 0.25) is 11.8 Å². The van der Waals surface area contributed by atoms with Crippen molar-refractivity contribution in [3.8, 4) is 0 Å². The fourth-order valence-corrected chi connectivity index (χ4v) is 4.65. The number of piperidine rings is 1. The average Bonchev–Trinajstić information content (AvgIpc) is 3.40. The van der Waals surface area contributed by atoms with Gasteiger partial charge in [-0.25, -0.2) is 4.39 Å². The molecule has 8 heteroatoms. The average molecular weight is 436 g/mol. The van der Waals surface area contributed by atoms with E-state index in [4.69, 9.17) is 0 Å². The van der Waals surface area contributed by atoms with Crippen molar-refractivity contribution < 1.29 is 14.0 Å². The molecular formula is C24H26FN5O2. The first-order valence-corrected chi connectivity index (χ1v) is 11.1. The van der Waals surface area contributed by atoms with Gasteiger partial charge in [0, 0.05) is 44.0 Å². The summed E-state index contributed by atoms with van der Waals surface area (Å²) >= 11 is 0. The van der Waals surface area contributed by atoms with Crippen molar-refractivity contribution in [2.45, 2.75) is 31.8 Å². The molecule has 0 radical (unpaired) electrons. The second-order valence-electron chi connectivity index (χ2n) is 8.68. The zero-order valence-corrected chi connectivity index (χ0v) is 17.8. The molecule has 1 aromatic heterocycles. The number of hydrogen-bond acceptors (Lipinski definition) is 4. The molecule has 0 bridgehead atoms. The van der Waals surface area contributed by atoms with Crippen LogP contribution in [0.2, 0.25) is 0 Å². The summed E-state index contributed by atoms with van der Waals surface area (Å²) in [5.41, 5.74) is 1.96. The number of benzene rings is 2. The SMILES string of the molecule is O=C(NC1CCN(Cc2ccc(F)cc2)CC1)C1CC(=O)N(c2n[nH]c3ccccc23)C1. The van der Waals surface area contributed by atoms with Crippen LogP contribution in [0.5, 0.6) is 0 Å². The Hall–Kier alpha value is -3.26. The second kappa shape index (κ2) is 8.70. The van der Waals surface area contributed by atoms with Gasteiger partial charge in [0.25, 0.3) is 0 Å². The van der Waals surface area contributed by atoms with Crippen molar-refractivity contribution >= 4 is 28.5 Å². The smallest absolute Gasteiger partial charge is 0.229 e. The third kappa shape index (κ3) is 4.23. The highest BCUT2D eigenvalue weighted by molar-refractivity contribution is 6.05. The van der Waals surface area contributed by atoms with E-state index in [0.717, 1.165) is 48.9 Å². The number of amides is 2. The number of para-hydroxylation sites is 1. The van der Waals surface area contributed by atoms with E-state index < -0.39 is 0 Å². The van der Waals surface area contributed by atoms with Gasteiger partial charge < -0.3 is 5.32 Å². The van der Waals surface area contributed by atoms with Crippen molar-refractivity contribution in [2.75, 3.05) is 24.5 Å². The molecule has 166 valence electrons. The van der Waals surface area contributed by atoms with Crippen LogP contribution in [0.25, 0.3) is 10.9 Å². The number of nitrogens with zero attached hydrogens (tertiary/aromatic N) is 3. The summed E-state index contributed by atoms with van der Waals surface area (Å²) in [5.74, 6) is -0.126. The lowest BCUT2D eigenvalue weighted by atomic mass is 10.0. The number of aromatic nitrogens is 2. The summed E-state index contributed by atoms with van der Waals surface area (Å²) in [6.45, 7) is 2.88. The quantitative estimate of drug-likeness (QED) is 0.646. The van der Waals surface area contributed by atoms with Gasteiger partial charge in [0.1, 0.15) is 5.82 Å². The molecule has 2 fully saturated rings. The molecule has 2 aliphatic rings. The van der Waals surface area contributed by atoms with Crippen molar-refractivity contribution in [1.29, 1.82) is 0 Å². The topological polar surface area (TPSA) is 81.3 Å². The molecule has 2 saturated heterocycles. The monoisotopic (exact) mass is 435 g/mol. The molecule has 2 aliphatic heterocycles. The number of anilines is 1. The van der Waals surface area contributed by atoms with Crippen molar-refractivity contribution in [3.63, 3.8) is 0 Å². The summed E-state index contributed by atoms with van der Waals surface area (Å²) in [5, 5.41) is 11.3. The number of aromatic amines is 1. The maximum Gasteiger partial charge on any atom is 0.229 e. The standard InChI is InChI=1S/C24H26FN5O2/c25-18-7-5-16(6-8-18)14-29-11-9-19(10-12-29)26-24(32)17-13-22(31)30(15-17)23-20-3-1-2-4-21(20)27-28-23/h1-8,17,19H,9-15H2,(H,26,32)(H,27,28). The van der Waals surface area contributed by atoms with E-state index >= 15 is 0 Å². The Morgan fingerprint density at radius 2 is 1.88 bits per heavy atom. The van der Waals surface area contributed by atoms with E-state index in [1.165, 1.54) is 12.1 Å². The van der Waals surface area contributed by atoms with Crippen molar-refractivity contribution in [2.24, 2.45) is 5.92 Å². The Bertz CT molecular complexity index is 1120. The predicted molar refractivity (Wildman–Crippen MR) is 119 cm³/mol. The van der Waals surface area contributed by atoms with Gasteiger partial charge in [-0.3, -0.25) is 24.5 Å². The fraction of sp³-hybridized carbons (Fsp3) is 0.375. The Kier molecular flexibility index (Phi) is 5.61. The number of hydrogen-bond donors (Lipinski definition) is 2. The molecule has 1 unspecified atom stereocenters. The van der Waals surface area contributed by atoms with Gasteiger partial charge in [-0.2, -0.15) is 5.10 Å². The third-order valence-electron chi connectivity index (χ3n) is 6.46. The van der Waals surface area contributed by atoms with Gasteiger partial charge in [-0.1, -0.05) is 24.3 Å². The maximum atomic E-state index is 13.1.